The van der Waals surface area contributed by atoms with Crippen molar-refractivity contribution in [2.45, 2.75) is 45.3 Å². The van der Waals surface area contributed by atoms with Gasteiger partial charge in [0, 0.05) is 12.3 Å². The number of amides is 1. The third-order valence-corrected chi connectivity index (χ3v) is 5.03. The molecule has 0 saturated heterocycles. The molecule has 0 aromatic carbocycles. The molecule has 0 heterocycles. The average molecular weight is 292 g/mol. The normalized spacial score (nSPS) is 26.9. The molecule has 1 fully saturated rings. The van der Waals surface area contributed by atoms with E-state index in [4.69, 9.17) is 10.5 Å². The van der Waals surface area contributed by atoms with Gasteiger partial charge in [0.25, 0.3) is 0 Å². The van der Waals surface area contributed by atoms with Crippen LogP contribution in [-0.4, -0.2) is 43.7 Å². The Kier molecular flexibility index (Phi) is 4.51. The Morgan fingerprint density at radius 1 is 1.47 bits per heavy atom. The molecule has 1 aliphatic rings. The van der Waals surface area contributed by atoms with E-state index >= 15 is 0 Å². The third kappa shape index (κ3) is 4.65. The van der Waals surface area contributed by atoms with E-state index in [0.29, 0.717) is 6.42 Å². The summed E-state index contributed by atoms with van der Waals surface area (Å²) in [5.41, 5.74) is 4.46. The molecule has 1 saturated carbocycles. The van der Waals surface area contributed by atoms with Crippen molar-refractivity contribution in [3.8, 4) is 0 Å². The molecule has 0 radical (unpaired) electrons. The number of carbonyl (C=O) groups is 1. The number of hydrogen-bond acceptors (Lipinski definition) is 5. The maximum atomic E-state index is 11.7. The topological polar surface area (TPSA) is 98.5 Å². The van der Waals surface area contributed by atoms with Gasteiger partial charge in [0.15, 0.2) is 0 Å². The molecule has 3 N–H and O–H groups in total. The highest BCUT2D eigenvalue weighted by Gasteiger charge is 2.56. The highest BCUT2D eigenvalue weighted by atomic mass is 32.2. The number of carbonyl (C=O) groups excluding carboxylic acids is 1. The first kappa shape index (κ1) is 16.2. The lowest BCUT2D eigenvalue weighted by molar-refractivity contribution is 0.0494. The van der Waals surface area contributed by atoms with Gasteiger partial charge >= 0.3 is 6.09 Å². The second-order valence-corrected chi connectivity index (χ2v) is 8.48. The molecular formula is C12H24N2O4S. The summed E-state index contributed by atoms with van der Waals surface area (Å²) in [5.74, 6) is 0.0579. The molecule has 0 spiro atoms. The van der Waals surface area contributed by atoms with Crippen LogP contribution in [0.3, 0.4) is 0 Å². The van der Waals surface area contributed by atoms with Crippen LogP contribution in [0.5, 0.6) is 0 Å². The van der Waals surface area contributed by atoms with Crippen LogP contribution in [0.2, 0.25) is 0 Å². The maximum Gasteiger partial charge on any atom is 0.408 e. The summed E-state index contributed by atoms with van der Waals surface area (Å²) < 4.78 is 28.3. The minimum atomic E-state index is -3.06. The number of ether oxygens (including phenoxy) is 1. The molecule has 6 nitrogen and oxygen atoms in total. The molecule has 1 amide bonds. The molecule has 112 valence electrons. The fourth-order valence-electron chi connectivity index (χ4n) is 1.98. The molecule has 1 aliphatic carbocycles. The number of sulfone groups is 1. The van der Waals surface area contributed by atoms with Crippen molar-refractivity contribution in [1.29, 1.82) is 0 Å². The number of nitrogens with one attached hydrogen (secondary N) is 1. The van der Waals surface area contributed by atoms with Crippen molar-refractivity contribution in [3.63, 3.8) is 0 Å². The Balaban J connectivity index is 2.59. The molecule has 0 aromatic rings. The molecule has 0 unspecified atom stereocenters. The zero-order valence-electron chi connectivity index (χ0n) is 12.0. The summed E-state index contributed by atoms with van der Waals surface area (Å²) in [6.45, 7) is 7.15. The fraction of sp³-hybridized carbons (Fsp3) is 0.917. The van der Waals surface area contributed by atoms with Gasteiger partial charge in [0.05, 0.1) is 11.3 Å². The number of nitrogens with two attached hydrogens (primary N) is 1. The summed E-state index contributed by atoms with van der Waals surface area (Å²) in [5, 5.41) is 2.72. The SMILES string of the molecule is CCS(=O)(=O)C[C@H]1C[C@]1(CN)NC(=O)OC(C)(C)C. The van der Waals surface area contributed by atoms with Crippen LogP contribution >= 0.6 is 0 Å². The summed E-state index contributed by atoms with van der Waals surface area (Å²) in [7, 11) is -3.06. The van der Waals surface area contributed by atoms with E-state index in [1.165, 1.54) is 0 Å². The molecule has 19 heavy (non-hydrogen) atoms. The lowest BCUT2D eigenvalue weighted by Crippen LogP contribution is -2.47. The summed E-state index contributed by atoms with van der Waals surface area (Å²) >= 11 is 0. The van der Waals surface area contributed by atoms with Crippen LogP contribution < -0.4 is 11.1 Å². The van der Waals surface area contributed by atoms with E-state index < -0.39 is 27.1 Å². The van der Waals surface area contributed by atoms with Crippen LogP contribution in [0.1, 0.15) is 34.1 Å². The lowest BCUT2D eigenvalue weighted by Gasteiger charge is -2.23. The Morgan fingerprint density at radius 3 is 2.47 bits per heavy atom. The predicted molar refractivity (Wildman–Crippen MR) is 73.6 cm³/mol. The van der Waals surface area contributed by atoms with Gasteiger partial charge in [-0.3, -0.25) is 0 Å². The molecule has 0 aliphatic heterocycles. The van der Waals surface area contributed by atoms with Crippen molar-refractivity contribution < 1.29 is 17.9 Å². The van der Waals surface area contributed by atoms with E-state index in [1.54, 1.807) is 27.7 Å². The zero-order chi connectivity index (χ0) is 14.9. The number of alkyl carbamates (subject to hydrolysis) is 1. The molecular weight excluding hydrogens is 268 g/mol. The first-order chi connectivity index (χ1) is 8.53. The highest BCUT2D eigenvalue weighted by Crippen LogP contribution is 2.43. The van der Waals surface area contributed by atoms with Gasteiger partial charge in [-0.2, -0.15) is 0 Å². The molecule has 0 bridgehead atoms. The monoisotopic (exact) mass is 292 g/mol. The Bertz CT molecular complexity index is 441. The van der Waals surface area contributed by atoms with Gasteiger partial charge in [0.2, 0.25) is 0 Å². The van der Waals surface area contributed by atoms with Crippen LogP contribution in [0, 0.1) is 5.92 Å². The van der Waals surface area contributed by atoms with Crippen LogP contribution in [0.15, 0.2) is 0 Å². The standard InChI is InChI=1S/C12H24N2O4S/c1-5-19(16,17)7-9-6-12(9,8-13)14-10(15)18-11(2,3)4/h9H,5-8,13H2,1-4H3,(H,14,15)/t9-,12-/m1/s1. The van der Waals surface area contributed by atoms with Crippen molar-refractivity contribution in [3.05, 3.63) is 0 Å². The van der Waals surface area contributed by atoms with Gasteiger partial charge in [-0.05, 0) is 33.1 Å². The fourth-order valence-corrected chi connectivity index (χ4v) is 3.27. The van der Waals surface area contributed by atoms with E-state index in [9.17, 15) is 13.2 Å². The second kappa shape index (κ2) is 5.28. The largest absolute Gasteiger partial charge is 0.444 e. The number of hydrogen-bond donors (Lipinski definition) is 2. The lowest BCUT2D eigenvalue weighted by atomic mass is 10.2. The first-order valence-electron chi connectivity index (χ1n) is 6.45. The average Bonchev–Trinajstić information content (AvgIpc) is 2.88. The highest BCUT2D eigenvalue weighted by molar-refractivity contribution is 7.91. The van der Waals surface area contributed by atoms with Crippen molar-refractivity contribution >= 4 is 15.9 Å². The molecule has 2 atom stereocenters. The second-order valence-electron chi connectivity index (χ2n) is 6.09. The van der Waals surface area contributed by atoms with Crippen LogP contribution in [0.4, 0.5) is 4.79 Å². The van der Waals surface area contributed by atoms with E-state index in [1.807, 2.05) is 0 Å². The maximum absolute atomic E-state index is 11.7. The van der Waals surface area contributed by atoms with Gasteiger partial charge in [-0.1, -0.05) is 6.92 Å². The zero-order valence-corrected chi connectivity index (χ0v) is 12.8. The third-order valence-electron chi connectivity index (χ3n) is 3.24. The number of rotatable bonds is 5. The molecule has 1 rings (SSSR count). The van der Waals surface area contributed by atoms with Crippen molar-refractivity contribution in [1.82, 2.24) is 5.32 Å². The van der Waals surface area contributed by atoms with Crippen molar-refractivity contribution in [2.24, 2.45) is 11.7 Å². The molecule has 7 heteroatoms. The summed E-state index contributed by atoms with van der Waals surface area (Å²) in [4.78, 5) is 11.7. The Morgan fingerprint density at radius 2 is 2.05 bits per heavy atom. The van der Waals surface area contributed by atoms with E-state index in [2.05, 4.69) is 5.32 Å². The first-order valence-corrected chi connectivity index (χ1v) is 8.27. The van der Waals surface area contributed by atoms with Gasteiger partial charge in [-0.15, -0.1) is 0 Å². The van der Waals surface area contributed by atoms with Crippen LogP contribution in [-0.2, 0) is 14.6 Å². The quantitative estimate of drug-likeness (QED) is 0.775. The predicted octanol–water partition coefficient (Wildman–Crippen LogP) is 0.663. The Labute approximate surface area is 115 Å². The van der Waals surface area contributed by atoms with Gasteiger partial charge in [-0.25, -0.2) is 13.2 Å². The van der Waals surface area contributed by atoms with E-state index in [-0.39, 0.29) is 24.0 Å². The molecule has 0 aromatic heterocycles. The van der Waals surface area contributed by atoms with Gasteiger partial charge in [0.1, 0.15) is 15.4 Å². The summed E-state index contributed by atoms with van der Waals surface area (Å²) in [6, 6.07) is 0. The van der Waals surface area contributed by atoms with Crippen molar-refractivity contribution in [2.75, 3.05) is 18.1 Å². The van der Waals surface area contributed by atoms with Crippen LogP contribution in [0.25, 0.3) is 0 Å². The minimum absolute atomic E-state index is 0.0660. The summed E-state index contributed by atoms with van der Waals surface area (Å²) in [6.07, 6.45) is 0.0384. The smallest absolute Gasteiger partial charge is 0.408 e. The minimum Gasteiger partial charge on any atom is -0.444 e. The van der Waals surface area contributed by atoms with Gasteiger partial charge < -0.3 is 15.8 Å². The Hall–Kier alpha value is -0.820. The van der Waals surface area contributed by atoms with E-state index in [0.717, 1.165) is 0 Å².